The van der Waals surface area contributed by atoms with E-state index in [1.165, 1.54) is 25.7 Å². The van der Waals surface area contributed by atoms with Crippen molar-refractivity contribution in [2.75, 3.05) is 20.3 Å². The molecule has 1 aliphatic heterocycles. The predicted molar refractivity (Wildman–Crippen MR) is 66.8 cm³/mol. The summed E-state index contributed by atoms with van der Waals surface area (Å²) in [4.78, 5) is 0. The highest BCUT2D eigenvalue weighted by Gasteiger charge is 2.18. The quantitative estimate of drug-likeness (QED) is 0.693. The summed E-state index contributed by atoms with van der Waals surface area (Å²) in [5.41, 5.74) is 0. The van der Waals surface area contributed by atoms with Gasteiger partial charge in [-0.15, -0.1) is 0 Å². The van der Waals surface area contributed by atoms with Gasteiger partial charge < -0.3 is 14.8 Å². The van der Waals surface area contributed by atoms with Crippen LogP contribution in [-0.4, -0.2) is 38.5 Å². The maximum absolute atomic E-state index is 5.65. The Kier molecular flexibility index (Phi) is 7.01. The third-order valence-electron chi connectivity index (χ3n) is 3.37. The van der Waals surface area contributed by atoms with E-state index in [0.717, 1.165) is 19.6 Å². The third-order valence-corrected chi connectivity index (χ3v) is 3.37. The average molecular weight is 229 g/mol. The van der Waals surface area contributed by atoms with Crippen molar-refractivity contribution in [3.63, 3.8) is 0 Å². The number of nitrogens with one attached hydrogen (secondary N) is 1. The molecule has 3 heteroatoms. The average Bonchev–Trinajstić information content (AvgIpc) is 2.79. The molecule has 0 aromatic heterocycles. The van der Waals surface area contributed by atoms with Crippen LogP contribution in [0.2, 0.25) is 0 Å². The van der Waals surface area contributed by atoms with Crippen molar-refractivity contribution >= 4 is 0 Å². The first-order valence-corrected chi connectivity index (χ1v) is 6.64. The van der Waals surface area contributed by atoms with Crippen LogP contribution >= 0.6 is 0 Å². The van der Waals surface area contributed by atoms with Crippen LogP contribution in [0.3, 0.4) is 0 Å². The van der Waals surface area contributed by atoms with Gasteiger partial charge in [0.2, 0.25) is 0 Å². The van der Waals surface area contributed by atoms with E-state index in [4.69, 9.17) is 9.47 Å². The zero-order chi connectivity index (χ0) is 11.8. The van der Waals surface area contributed by atoms with Crippen LogP contribution < -0.4 is 5.32 Å². The topological polar surface area (TPSA) is 30.5 Å². The van der Waals surface area contributed by atoms with E-state index in [-0.39, 0.29) is 0 Å². The SMILES string of the molecule is CCNC(CCC1CCCO1)CC(C)OC. The molecule has 1 N–H and O–H groups in total. The van der Waals surface area contributed by atoms with Gasteiger partial charge in [0, 0.05) is 19.8 Å². The van der Waals surface area contributed by atoms with Crippen LogP contribution in [0.4, 0.5) is 0 Å². The normalized spacial score (nSPS) is 24.6. The Morgan fingerprint density at radius 3 is 2.88 bits per heavy atom. The van der Waals surface area contributed by atoms with E-state index < -0.39 is 0 Å². The van der Waals surface area contributed by atoms with Crippen molar-refractivity contribution in [1.82, 2.24) is 5.32 Å². The fourth-order valence-electron chi connectivity index (χ4n) is 2.35. The lowest BCUT2D eigenvalue weighted by molar-refractivity contribution is 0.0844. The number of hydrogen-bond donors (Lipinski definition) is 1. The minimum absolute atomic E-state index is 0.341. The van der Waals surface area contributed by atoms with E-state index in [1.54, 1.807) is 7.11 Å². The van der Waals surface area contributed by atoms with E-state index in [9.17, 15) is 0 Å². The van der Waals surface area contributed by atoms with Crippen LogP contribution in [0.15, 0.2) is 0 Å². The summed E-state index contributed by atoms with van der Waals surface area (Å²) in [5.74, 6) is 0. The summed E-state index contributed by atoms with van der Waals surface area (Å²) >= 11 is 0. The monoisotopic (exact) mass is 229 g/mol. The summed E-state index contributed by atoms with van der Waals surface area (Å²) in [6, 6.07) is 0.573. The van der Waals surface area contributed by atoms with Gasteiger partial charge in [0.05, 0.1) is 12.2 Å². The molecule has 1 rings (SSSR count). The van der Waals surface area contributed by atoms with Gasteiger partial charge in [-0.2, -0.15) is 0 Å². The molecule has 1 saturated heterocycles. The Morgan fingerprint density at radius 1 is 1.50 bits per heavy atom. The summed E-state index contributed by atoms with van der Waals surface area (Å²) in [7, 11) is 1.79. The highest BCUT2D eigenvalue weighted by molar-refractivity contribution is 4.73. The fourth-order valence-corrected chi connectivity index (χ4v) is 2.35. The van der Waals surface area contributed by atoms with Crippen LogP contribution in [0.1, 0.15) is 46.0 Å². The molecule has 0 amide bonds. The van der Waals surface area contributed by atoms with Crippen molar-refractivity contribution in [2.24, 2.45) is 0 Å². The molecule has 0 bridgehead atoms. The summed E-state index contributed by atoms with van der Waals surface area (Å²) < 4.78 is 11.0. The molecule has 0 aromatic carbocycles. The number of rotatable bonds is 8. The molecular formula is C13H27NO2. The second-order valence-corrected chi connectivity index (χ2v) is 4.75. The summed E-state index contributed by atoms with van der Waals surface area (Å²) in [6.45, 7) is 6.30. The van der Waals surface area contributed by atoms with E-state index in [2.05, 4.69) is 19.2 Å². The Bertz CT molecular complexity index is 169. The molecule has 0 radical (unpaired) electrons. The summed E-state index contributed by atoms with van der Waals surface area (Å²) in [5, 5.41) is 3.54. The second kappa shape index (κ2) is 8.04. The Morgan fingerprint density at radius 2 is 2.31 bits per heavy atom. The Balaban J connectivity index is 2.20. The van der Waals surface area contributed by atoms with Crippen molar-refractivity contribution in [3.05, 3.63) is 0 Å². The lowest BCUT2D eigenvalue weighted by Gasteiger charge is -2.22. The van der Waals surface area contributed by atoms with Crippen molar-refractivity contribution in [3.8, 4) is 0 Å². The molecule has 16 heavy (non-hydrogen) atoms. The van der Waals surface area contributed by atoms with Gasteiger partial charge in [0.25, 0.3) is 0 Å². The Labute approximate surface area is 99.9 Å². The van der Waals surface area contributed by atoms with E-state index in [1.807, 2.05) is 0 Å². The minimum Gasteiger partial charge on any atom is -0.382 e. The van der Waals surface area contributed by atoms with Gasteiger partial charge in [0.15, 0.2) is 0 Å². The number of methoxy groups -OCH3 is 1. The van der Waals surface area contributed by atoms with Crippen LogP contribution in [0.5, 0.6) is 0 Å². The van der Waals surface area contributed by atoms with Crippen molar-refractivity contribution < 1.29 is 9.47 Å². The molecule has 0 aromatic rings. The van der Waals surface area contributed by atoms with Crippen LogP contribution in [0.25, 0.3) is 0 Å². The van der Waals surface area contributed by atoms with Gasteiger partial charge in [-0.3, -0.25) is 0 Å². The highest BCUT2D eigenvalue weighted by Crippen LogP contribution is 2.19. The molecule has 0 saturated carbocycles. The van der Waals surface area contributed by atoms with Crippen molar-refractivity contribution in [1.29, 1.82) is 0 Å². The highest BCUT2D eigenvalue weighted by atomic mass is 16.5. The molecule has 0 spiro atoms. The molecular weight excluding hydrogens is 202 g/mol. The molecule has 96 valence electrons. The zero-order valence-corrected chi connectivity index (χ0v) is 11.0. The molecule has 0 aliphatic carbocycles. The van der Waals surface area contributed by atoms with E-state index >= 15 is 0 Å². The maximum atomic E-state index is 5.65. The first kappa shape index (κ1) is 13.9. The second-order valence-electron chi connectivity index (χ2n) is 4.75. The van der Waals surface area contributed by atoms with Crippen LogP contribution in [0, 0.1) is 0 Å². The number of ether oxygens (including phenoxy) is 2. The van der Waals surface area contributed by atoms with Crippen molar-refractivity contribution in [2.45, 2.75) is 64.2 Å². The standard InChI is InChI=1S/C13H27NO2/c1-4-14-12(10-11(2)15-3)7-8-13-6-5-9-16-13/h11-14H,4-10H2,1-3H3. The number of hydrogen-bond acceptors (Lipinski definition) is 3. The van der Waals surface area contributed by atoms with Crippen LogP contribution in [-0.2, 0) is 9.47 Å². The predicted octanol–water partition coefficient (Wildman–Crippen LogP) is 2.35. The third kappa shape index (κ3) is 5.28. The van der Waals surface area contributed by atoms with Gasteiger partial charge in [-0.1, -0.05) is 6.92 Å². The van der Waals surface area contributed by atoms with E-state index in [0.29, 0.717) is 18.2 Å². The first-order valence-electron chi connectivity index (χ1n) is 6.64. The Hall–Kier alpha value is -0.120. The molecule has 3 atom stereocenters. The van der Waals surface area contributed by atoms with Gasteiger partial charge in [-0.05, 0) is 45.6 Å². The molecule has 1 aliphatic rings. The molecule has 1 heterocycles. The van der Waals surface area contributed by atoms with Gasteiger partial charge in [-0.25, -0.2) is 0 Å². The first-order chi connectivity index (χ1) is 7.76. The van der Waals surface area contributed by atoms with Gasteiger partial charge in [0.1, 0.15) is 0 Å². The lowest BCUT2D eigenvalue weighted by Crippen LogP contribution is -2.33. The fraction of sp³-hybridized carbons (Fsp3) is 1.00. The largest absolute Gasteiger partial charge is 0.382 e. The molecule has 1 fully saturated rings. The maximum Gasteiger partial charge on any atom is 0.0576 e. The molecule has 3 unspecified atom stereocenters. The van der Waals surface area contributed by atoms with Gasteiger partial charge >= 0.3 is 0 Å². The zero-order valence-electron chi connectivity index (χ0n) is 11.0. The minimum atomic E-state index is 0.341. The smallest absolute Gasteiger partial charge is 0.0576 e. The lowest BCUT2D eigenvalue weighted by atomic mass is 10.0. The summed E-state index contributed by atoms with van der Waals surface area (Å²) in [6.07, 6.45) is 6.83. The molecule has 3 nitrogen and oxygen atoms in total.